The molecule has 1 aliphatic rings. The molecular weight excluding hydrogens is 378 g/mol. The van der Waals surface area contributed by atoms with Gasteiger partial charge in [0, 0.05) is 44.8 Å². The van der Waals surface area contributed by atoms with Crippen molar-refractivity contribution in [1.29, 1.82) is 0 Å². The van der Waals surface area contributed by atoms with Crippen LogP contribution < -0.4 is 4.90 Å². The highest BCUT2D eigenvalue weighted by molar-refractivity contribution is 7.20. The number of hydrogen-bond donors (Lipinski definition) is 0. The molecule has 0 aromatic carbocycles. The summed E-state index contributed by atoms with van der Waals surface area (Å²) in [5.41, 5.74) is 0.870. The van der Waals surface area contributed by atoms with Crippen molar-refractivity contribution in [2.45, 2.75) is 6.92 Å². The van der Waals surface area contributed by atoms with E-state index in [0.717, 1.165) is 21.7 Å². The van der Waals surface area contributed by atoms with E-state index in [1.807, 2.05) is 32.2 Å². The number of aromatic nitrogens is 3. The molecule has 0 N–H and O–H groups in total. The molecule has 146 valence electrons. The molecule has 3 aromatic rings. The number of piperazine rings is 1. The molecule has 1 aliphatic heterocycles. The first-order valence-electron chi connectivity index (χ1n) is 9.07. The molecule has 0 spiro atoms. The van der Waals surface area contributed by atoms with Crippen molar-refractivity contribution >= 4 is 39.2 Å². The van der Waals surface area contributed by atoms with Crippen LogP contribution in [0.5, 0.6) is 0 Å². The number of pyridine rings is 1. The van der Waals surface area contributed by atoms with Crippen LogP contribution in [0.1, 0.15) is 15.4 Å². The highest BCUT2D eigenvalue weighted by Crippen LogP contribution is 2.28. The predicted molar refractivity (Wildman–Crippen MR) is 107 cm³/mol. The Balaban J connectivity index is 1.30. The number of esters is 1. The van der Waals surface area contributed by atoms with Crippen LogP contribution in [0.4, 0.5) is 5.82 Å². The van der Waals surface area contributed by atoms with E-state index in [-0.39, 0.29) is 12.5 Å². The lowest BCUT2D eigenvalue weighted by Crippen LogP contribution is -2.50. The van der Waals surface area contributed by atoms with E-state index < -0.39 is 5.97 Å². The monoisotopic (exact) mass is 399 g/mol. The highest BCUT2D eigenvalue weighted by Gasteiger charge is 2.23. The Morgan fingerprint density at radius 1 is 1.21 bits per heavy atom. The van der Waals surface area contributed by atoms with E-state index in [1.165, 1.54) is 11.3 Å². The first-order chi connectivity index (χ1) is 13.5. The van der Waals surface area contributed by atoms with Gasteiger partial charge in [0.1, 0.15) is 15.5 Å². The van der Waals surface area contributed by atoms with Crippen LogP contribution in [-0.4, -0.2) is 64.3 Å². The van der Waals surface area contributed by atoms with Crippen LogP contribution in [0.3, 0.4) is 0 Å². The predicted octanol–water partition coefficient (Wildman–Crippen LogP) is 1.84. The number of anilines is 1. The maximum absolute atomic E-state index is 12.4. The lowest BCUT2D eigenvalue weighted by molar-refractivity contribution is -0.134. The first-order valence-corrected chi connectivity index (χ1v) is 9.88. The van der Waals surface area contributed by atoms with Gasteiger partial charge in [-0.3, -0.25) is 9.48 Å². The number of carbonyl (C=O) groups is 2. The largest absolute Gasteiger partial charge is 0.451 e. The minimum absolute atomic E-state index is 0.173. The number of fused-ring (bicyclic) bond motifs is 1. The van der Waals surface area contributed by atoms with Crippen molar-refractivity contribution in [3.63, 3.8) is 0 Å². The molecule has 0 bridgehead atoms. The van der Waals surface area contributed by atoms with Gasteiger partial charge in [0.05, 0.1) is 5.69 Å². The number of amides is 1. The fourth-order valence-corrected chi connectivity index (χ4v) is 4.34. The smallest absolute Gasteiger partial charge is 0.348 e. The van der Waals surface area contributed by atoms with Gasteiger partial charge < -0.3 is 14.5 Å². The van der Waals surface area contributed by atoms with Crippen molar-refractivity contribution in [3.8, 4) is 0 Å². The first kappa shape index (κ1) is 18.4. The van der Waals surface area contributed by atoms with Crippen LogP contribution in [0.2, 0.25) is 0 Å². The summed E-state index contributed by atoms with van der Waals surface area (Å²) in [7, 11) is 1.84. The van der Waals surface area contributed by atoms with Crippen molar-refractivity contribution in [1.82, 2.24) is 19.7 Å². The number of nitrogens with zero attached hydrogens (tertiary/aromatic N) is 5. The number of aryl methyl sites for hydroxylation is 2. The normalized spacial score (nSPS) is 14.5. The van der Waals surface area contributed by atoms with Gasteiger partial charge >= 0.3 is 5.97 Å². The van der Waals surface area contributed by atoms with E-state index in [0.29, 0.717) is 31.1 Å². The quantitative estimate of drug-likeness (QED) is 0.623. The Morgan fingerprint density at radius 2 is 2.00 bits per heavy atom. The van der Waals surface area contributed by atoms with Gasteiger partial charge in [-0.15, -0.1) is 11.3 Å². The third kappa shape index (κ3) is 3.57. The minimum Gasteiger partial charge on any atom is -0.451 e. The Labute approximate surface area is 166 Å². The molecule has 9 heteroatoms. The number of ether oxygens (including phenoxy) is 1. The zero-order valence-corrected chi connectivity index (χ0v) is 16.6. The number of thiophene rings is 1. The second-order valence-corrected chi connectivity index (χ2v) is 7.70. The molecule has 0 radical (unpaired) electrons. The molecule has 4 heterocycles. The van der Waals surface area contributed by atoms with Gasteiger partial charge in [-0.1, -0.05) is 6.07 Å². The summed E-state index contributed by atoms with van der Waals surface area (Å²) < 4.78 is 7.01. The van der Waals surface area contributed by atoms with E-state index in [9.17, 15) is 9.59 Å². The molecule has 3 aromatic heterocycles. The zero-order valence-electron chi connectivity index (χ0n) is 15.8. The number of rotatable bonds is 4. The highest BCUT2D eigenvalue weighted by atomic mass is 32.1. The van der Waals surface area contributed by atoms with E-state index in [4.69, 9.17) is 4.74 Å². The number of carbonyl (C=O) groups excluding carboxylic acids is 2. The van der Waals surface area contributed by atoms with Crippen LogP contribution in [0, 0.1) is 6.92 Å². The summed E-state index contributed by atoms with van der Waals surface area (Å²) in [4.78, 5) is 34.4. The maximum Gasteiger partial charge on any atom is 0.348 e. The maximum atomic E-state index is 12.4. The van der Waals surface area contributed by atoms with Crippen LogP contribution >= 0.6 is 11.3 Å². The van der Waals surface area contributed by atoms with Gasteiger partial charge in [-0.25, -0.2) is 9.78 Å². The average Bonchev–Trinajstić information content (AvgIpc) is 3.28. The molecule has 0 aliphatic carbocycles. The Morgan fingerprint density at radius 3 is 2.68 bits per heavy atom. The summed E-state index contributed by atoms with van der Waals surface area (Å²) in [5.74, 6) is 0.268. The summed E-state index contributed by atoms with van der Waals surface area (Å²) in [5, 5.41) is 5.26. The molecule has 8 nitrogen and oxygen atoms in total. The van der Waals surface area contributed by atoms with E-state index in [2.05, 4.69) is 15.0 Å². The van der Waals surface area contributed by atoms with Gasteiger partial charge in [0.25, 0.3) is 5.91 Å². The molecule has 0 saturated carbocycles. The van der Waals surface area contributed by atoms with Crippen molar-refractivity contribution in [3.05, 3.63) is 41.0 Å². The molecule has 0 unspecified atom stereocenters. The SMILES string of the molecule is Cc1nn(C)c2sc(C(=O)OCC(=O)N3CCN(c4ccccn4)CC3)cc12. The fourth-order valence-electron chi connectivity index (χ4n) is 3.32. The van der Waals surface area contributed by atoms with Gasteiger partial charge in [0.15, 0.2) is 6.61 Å². The fraction of sp³-hybridized carbons (Fsp3) is 0.368. The van der Waals surface area contributed by atoms with Gasteiger partial charge in [-0.05, 0) is 25.1 Å². The van der Waals surface area contributed by atoms with Crippen molar-refractivity contribution in [2.75, 3.05) is 37.7 Å². The Bertz CT molecular complexity index is 971. The van der Waals surface area contributed by atoms with Crippen LogP contribution in [0.25, 0.3) is 10.2 Å². The second kappa shape index (κ2) is 7.59. The summed E-state index contributed by atoms with van der Waals surface area (Å²) in [6, 6.07) is 7.57. The van der Waals surface area contributed by atoms with E-state index >= 15 is 0 Å². The topological polar surface area (TPSA) is 80.6 Å². The molecule has 28 heavy (non-hydrogen) atoms. The molecular formula is C19H21N5O3S. The Hall–Kier alpha value is -2.94. The molecule has 0 atom stereocenters. The summed E-state index contributed by atoms with van der Waals surface area (Å²) in [6.45, 7) is 4.24. The second-order valence-electron chi connectivity index (χ2n) is 6.67. The zero-order chi connectivity index (χ0) is 19.7. The molecule has 1 saturated heterocycles. The molecule has 4 rings (SSSR count). The summed E-state index contributed by atoms with van der Waals surface area (Å²) in [6.07, 6.45) is 1.76. The molecule has 1 amide bonds. The average molecular weight is 399 g/mol. The molecule has 1 fully saturated rings. The van der Waals surface area contributed by atoms with Gasteiger partial charge in [0.2, 0.25) is 0 Å². The van der Waals surface area contributed by atoms with Crippen molar-refractivity contribution in [2.24, 2.45) is 7.05 Å². The van der Waals surface area contributed by atoms with E-state index in [1.54, 1.807) is 21.8 Å². The lowest BCUT2D eigenvalue weighted by Gasteiger charge is -2.35. The lowest BCUT2D eigenvalue weighted by atomic mass is 10.3. The third-order valence-electron chi connectivity index (χ3n) is 4.83. The van der Waals surface area contributed by atoms with Crippen LogP contribution in [-0.2, 0) is 16.6 Å². The van der Waals surface area contributed by atoms with Crippen LogP contribution in [0.15, 0.2) is 30.5 Å². The standard InChI is InChI=1S/C19H21N5O3S/c1-13-14-11-15(28-18(14)22(2)21-13)19(26)27-12-17(25)24-9-7-23(8-10-24)16-5-3-4-6-20-16/h3-6,11H,7-10,12H2,1-2H3. The number of hydrogen-bond acceptors (Lipinski definition) is 7. The van der Waals surface area contributed by atoms with Crippen molar-refractivity contribution < 1.29 is 14.3 Å². The summed E-state index contributed by atoms with van der Waals surface area (Å²) >= 11 is 1.33. The minimum atomic E-state index is -0.471. The Kier molecular flexibility index (Phi) is 4.99. The third-order valence-corrected chi connectivity index (χ3v) is 6.01. The van der Waals surface area contributed by atoms with Gasteiger partial charge in [-0.2, -0.15) is 5.10 Å².